The molecule has 0 unspecified atom stereocenters. The van der Waals surface area contributed by atoms with Crippen LogP contribution >= 0.6 is 23.6 Å². The maximum absolute atomic E-state index is 5.91. The van der Waals surface area contributed by atoms with E-state index in [0.29, 0.717) is 11.4 Å². The molecule has 1 aliphatic heterocycles. The molecule has 0 fully saturated rings. The summed E-state index contributed by atoms with van der Waals surface area (Å²) in [4.78, 5) is 10.5. The van der Waals surface area contributed by atoms with Gasteiger partial charge in [0.1, 0.15) is 15.9 Å². The maximum Gasteiger partial charge on any atom is 0.200 e. The van der Waals surface area contributed by atoms with E-state index in [0.717, 1.165) is 43.8 Å². The molecule has 0 spiro atoms. The summed E-state index contributed by atoms with van der Waals surface area (Å²) in [5.74, 6) is 0. The van der Waals surface area contributed by atoms with Crippen LogP contribution in [0.1, 0.15) is 25.1 Å². The molecule has 8 heteroatoms. The molecule has 1 N–H and O–H groups in total. The van der Waals surface area contributed by atoms with Gasteiger partial charge in [-0.15, -0.1) is 11.3 Å². The molecule has 0 radical (unpaired) electrons. The standard InChI is InChI=1S/C15H13N5OS2/c1-15(2)4-9-7(5-21-15)3-8-10-11(23-13(8)17-9)12-18-19-14(22)20(12)6-16-10/h3,6H,4-5H2,1-2H3,(H,19,22). The number of pyridine rings is 1. The van der Waals surface area contributed by atoms with Crippen molar-refractivity contribution in [2.75, 3.05) is 0 Å². The first-order valence-corrected chi connectivity index (χ1v) is 8.55. The minimum absolute atomic E-state index is 0.162. The predicted molar refractivity (Wildman–Crippen MR) is 91.4 cm³/mol. The summed E-state index contributed by atoms with van der Waals surface area (Å²) >= 11 is 6.83. The molecule has 4 aromatic heterocycles. The van der Waals surface area contributed by atoms with E-state index in [-0.39, 0.29) is 5.60 Å². The van der Waals surface area contributed by atoms with Gasteiger partial charge in [-0.1, -0.05) is 0 Å². The molecule has 0 saturated carbocycles. The largest absolute Gasteiger partial charge is 0.370 e. The van der Waals surface area contributed by atoms with E-state index in [1.807, 2.05) is 0 Å². The molecule has 116 valence electrons. The summed E-state index contributed by atoms with van der Waals surface area (Å²) in [7, 11) is 0. The Kier molecular flexibility index (Phi) is 2.55. The van der Waals surface area contributed by atoms with Gasteiger partial charge in [-0.3, -0.25) is 9.50 Å². The molecule has 4 aromatic rings. The van der Waals surface area contributed by atoms with Gasteiger partial charge >= 0.3 is 0 Å². The molecule has 23 heavy (non-hydrogen) atoms. The highest BCUT2D eigenvalue weighted by Gasteiger charge is 2.28. The molecule has 0 aromatic carbocycles. The van der Waals surface area contributed by atoms with Crippen molar-refractivity contribution < 1.29 is 4.74 Å². The summed E-state index contributed by atoms with van der Waals surface area (Å²) in [6, 6.07) is 2.16. The van der Waals surface area contributed by atoms with Gasteiger partial charge in [-0.2, -0.15) is 5.10 Å². The molecular weight excluding hydrogens is 330 g/mol. The number of H-pyrrole nitrogens is 1. The van der Waals surface area contributed by atoms with E-state index < -0.39 is 0 Å². The Morgan fingerprint density at radius 1 is 1.43 bits per heavy atom. The number of aromatic amines is 1. The number of fused-ring (bicyclic) bond motifs is 6. The third kappa shape index (κ3) is 1.89. The third-order valence-corrected chi connectivity index (χ3v) is 5.62. The topological polar surface area (TPSA) is 68.1 Å². The van der Waals surface area contributed by atoms with E-state index >= 15 is 0 Å². The van der Waals surface area contributed by atoms with Crippen molar-refractivity contribution in [2.24, 2.45) is 0 Å². The molecule has 0 amide bonds. The number of aromatic nitrogens is 5. The number of nitrogens with zero attached hydrogens (tertiary/aromatic N) is 4. The van der Waals surface area contributed by atoms with Crippen molar-refractivity contribution in [3.63, 3.8) is 0 Å². The summed E-state index contributed by atoms with van der Waals surface area (Å²) in [6.45, 7) is 4.80. The zero-order valence-corrected chi connectivity index (χ0v) is 14.2. The average molecular weight is 343 g/mol. The number of thiophene rings is 1. The quantitative estimate of drug-likeness (QED) is 0.496. The SMILES string of the molecule is CC1(C)Cc2nc3sc4c(ncn5c(=S)[nH]nc45)c3cc2CO1. The van der Waals surface area contributed by atoms with E-state index in [1.54, 1.807) is 22.1 Å². The van der Waals surface area contributed by atoms with Crippen LogP contribution in [0.5, 0.6) is 0 Å². The van der Waals surface area contributed by atoms with Crippen LogP contribution in [0.25, 0.3) is 26.1 Å². The number of hydrogen-bond donors (Lipinski definition) is 1. The molecular formula is C15H13N5OS2. The number of nitrogens with one attached hydrogen (secondary N) is 1. The lowest BCUT2D eigenvalue weighted by Crippen LogP contribution is -2.32. The van der Waals surface area contributed by atoms with Gasteiger partial charge < -0.3 is 4.74 Å². The normalized spacial score (nSPS) is 17.1. The number of rotatable bonds is 0. The first kappa shape index (κ1) is 13.5. The Morgan fingerprint density at radius 2 is 2.30 bits per heavy atom. The molecule has 0 aliphatic carbocycles. The minimum atomic E-state index is -0.162. The first-order valence-electron chi connectivity index (χ1n) is 7.32. The molecule has 0 atom stereocenters. The Bertz CT molecular complexity index is 1150. The van der Waals surface area contributed by atoms with Crippen molar-refractivity contribution in [1.82, 2.24) is 24.6 Å². The molecule has 5 rings (SSSR count). The number of hydrogen-bond acceptors (Lipinski definition) is 6. The lowest BCUT2D eigenvalue weighted by molar-refractivity contribution is -0.0411. The van der Waals surface area contributed by atoms with Gasteiger partial charge in [0.25, 0.3) is 0 Å². The lowest BCUT2D eigenvalue weighted by Gasteiger charge is -2.30. The van der Waals surface area contributed by atoms with Crippen LogP contribution in [-0.4, -0.2) is 30.2 Å². The second-order valence-corrected chi connectivity index (χ2v) is 7.80. The highest BCUT2D eigenvalue weighted by molar-refractivity contribution is 7.71. The minimum Gasteiger partial charge on any atom is -0.370 e. The van der Waals surface area contributed by atoms with Gasteiger partial charge in [0.05, 0.1) is 23.4 Å². The maximum atomic E-state index is 5.91. The zero-order chi connectivity index (χ0) is 15.8. The fourth-order valence-electron chi connectivity index (χ4n) is 3.06. The molecule has 1 aliphatic rings. The van der Waals surface area contributed by atoms with Crippen LogP contribution in [0.3, 0.4) is 0 Å². The summed E-state index contributed by atoms with van der Waals surface area (Å²) in [6.07, 6.45) is 2.54. The van der Waals surface area contributed by atoms with Gasteiger partial charge in [0, 0.05) is 17.4 Å². The monoisotopic (exact) mass is 343 g/mol. The second-order valence-electron chi connectivity index (χ2n) is 6.42. The first-order chi connectivity index (χ1) is 11.0. The summed E-state index contributed by atoms with van der Waals surface area (Å²) in [5.41, 5.74) is 3.84. The Hall–Kier alpha value is -1.90. The Morgan fingerprint density at radius 3 is 3.17 bits per heavy atom. The van der Waals surface area contributed by atoms with E-state index in [2.05, 4.69) is 35.1 Å². The smallest absolute Gasteiger partial charge is 0.200 e. The zero-order valence-electron chi connectivity index (χ0n) is 12.6. The highest BCUT2D eigenvalue weighted by atomic mass is 32.1. The average Bonchev–Trinajstić information content (AvgIpc) is 3.05. The number of ether oxygens (including phenoxy) is 1. The fraction of sp³-hybridized carbons (Fsp3) is 0.333. The summed E-state index contributed by atoms with van der Waals surface area (Å²) < 4.78 is 9.26. The van der Waals surface area contributed by atoms with Crippen molar-refractivity contribution in [3.05, 3.63) is 28.4 Å². The third-order valence-electron chi connectivity index (χ3n) is 4.25. The lowest BCUT2D eigenvalue weighted by atomic mass is 9.95. The van der Waals surface area contributed by atoms with Crippen molar-refractivity contribution in [2.45, 2.75) is 32.5 Å². The van der Waals surface area contributed by atoms with Crippen LogP contribution in [0.4, 0.5) is 0 Å². The van der Waals surface area contributed by atoms with Gasteiger partial charge in [-0.05, 0) is 32.1 Å². The van der Waals surface area contributed by atoms with Crippen LogP contribution in [0.15, 0.2) is 12.4 Å². The van der Waals surface area contributed by atoms with E-state index in [4.69, 9.17) is 21.9 Å². The van der Waals surface area contributed by atoms with Crippen LogP contribution in [0.2, 0.25) is 0 Å². The predicted octanol–water partition coefficient (Wildman–Crippen LogP) is 3.40. The molecule has 0 bridgehead atoms. The highest BCUT2D eigenvalue weighted by Crippen LogP contribution is 2.36. The van der Waals surface area contributed by atoms with Crippen molar-refractivity contribution >= 4 is 49.6 Å². The molecule has 0 saturated heterocycles. The van der Waals surface area contributed by atoms with Crippen LogP contribution in [0, 0.1) is 4.77 Å². The fourth-order valence-corrected chi connectivity index (χ4v) is 4.35. The van der Waals surface area contributed by atoms with Gasteiger partial charge in [0.2, 0.25) is 4.77 Å². The summed E-state index contributed by atoms with van der Waals surface area (Å²) in [5, 5.41) is 8.21. The van der Waals surface area contributed by atoms with Gasteiger partial charge in [0.15, 0.2) is 5.65 Å². The Labute approximate surface area is 140 Å². The van der Waals surface area contributed by atoms with E-state index in [1.165, 1.54) is 0 Å². The molecule has 6 nitrogen and oxygen atoms in total. The second kappa shape index (κ2) is 4.34. The van der Waals surface area contributed by atoms with Gasteiger partial charge in [-0.25, -0.2) is 9.97 Å². The van der Waals surface area contributed by atoms with Crippen LogP contribution < -0.4 is 0 Å². The Balaban J connectivity index is 1.86. The van der Waals surface area contributed by atoms with Crippen molar-refractivity contribution in [1.29, 1.82) is 0 Å². The van der Waals surface area contributed by atoms with Crippen molar-refractivity contribution in [3.8, 4) is 0 Å². The van der Waals surface area contributed by atoms with E-state index in [9.17, 15) is 0 Å². The molecule has 5 heterocycles. The van der Waals surface area contributed by atoms with Crippen LogP contribution in [-0.2, 0) is 17.8 Å².